The van der Waals surface area contributed by atoms with E-state index in [0.717, 1.165) is 0 Å². The normalized spacial score (nSPS) is 13.4. The predicted octanol–water partition coefficient (Wildman–Crippen LogP) is 12.7. The summed E-state index contributed by atoms with van der Waals surface area (Å²) < 4.78 is 345. The summed E-state index contributed by atoms with van der Waals surface area (Å²) in [4.78, 5) is 23.1. The molecule has 0 radical (unpaired) electrons. The lowest BCUT2D eigenvalue weighted by molar-refractivity contribution is -0.144. The summed E-state index contributed by atoms with van der Waals surface area (Å²) in [7, 11) is 1.39. The van der Waals surface area contributed by atoms with Gasteiger partial charge in [0.1, 0.15) is 6.15 Å². The highest BCUT2D eigenvalue weighted by molar-refractivity contribution is 7.96. The van der Waals surface area contributed by atoms with Crippen molar-refractivity contribution in [2.75, 3.05) is 25.4 Å². The first-order chi connectivity index (χ1) is 32.8. The van der Waals surface area contributed by atoms with E-state index in [1.165, 1.54) is 7.11 Å². The van der Waals surface area contributed by atoms with Gasteiger partial charge in [-0.2, -0.15) is 127 Å². The summed E-state index contributed by atoms with van der Waals surface area (Å²) in [6.45, 7) is 0. The van der Waals surface area contributed by atoms with Crippen molar-refractivity contribution in [3.8, 4) is 0 Å². The molecule has 0 spiro atoms. The molecule has 0 aromatic heterocycles. The van der Waals surface area contributed by atoms with Crippen LogP contribution in [0.15, 0.2) is 97.1 Å². The van der Waals surface area contributed by atoms with E-state index < -0.39 is 201 Å². The van der Waals surface area contributed by atoms with Crippen LogP contribution in [0.4, 0.5) is 105 Å². The molecule has 0 unspecified atom stereocenters. The van der Waals surface area contributed by atoms with Crippen molar-refractivity contribution in [3.05, 3.63) is 153 Å². The van der Waals surface area contributed by atoms with E-state index in [-0.39, 0.29) is 16.7 Å². The van der Waals surface area contributed by atoms with Crippen LogP contribution in [-0.4, -0.2) is 43.3 Å². The first-order valence-electron chi connectivity index (χ1n) is 19.4. The molecule has 0 aliphatic carbocycles. The molecule has 0 atom stereocenters. The molecule has 0 N–H and O–H groups in total. The zero-order valence-corrected chi connectivity index (χ0v) is 37.0. The van der Waals surface area contributed by atoms with Crippen LogP contribution in [-0.2, 0) is 65.0 Å². The number of benzene rings is 5. The van der Waals surface area contributed by atoms with Crippen molar-refractivity contribution >= 4 is 50.6 Å². The van der Waals surface area contributed by atoms with Crippen molar-refractivity contribution < 1.29 is 120 Å². The lowest BCUT2D eigenvalue weighted by Crippen LogP contribution is -2.75. The van der Waals surface area contributed by atoms with Gasteiger partial charge in [-0.3, -0.25) is 4.79 Å². The Morgan fingerprint density at radius 1 is 0.384 bits per heavy atom. The second-order valence-corrected chi connectivity index (χ2v) is 18.1. The largest absolute Gasteiger partial charge is 0.465 e. The van der Waals surface area contributed by atoms with Crippen LogP contribution in [0.2, 0.25) is 0 Å². The number of carbonyl (C=O) groups is 2. The highest BCUT2D eigenvalue weighted by Gasteiger charge is 2.47. The Kier molecular flexibility index (Phi) is 16.6. The summed E-state index contributed by atoms with van der Waals surface area (Å²) in [5.74, 6) is 0.172. The van der Waals surface area contributed by atoms with Crippen LogP contribution in [0, 0.1) is 0 Å². The minimum absolute atomic E-state index is 0.0686. The van der Waals surface area contributed by atoms with Gasteiger partial charge in [-0.1, -0.05) is 60.7 Å². The van der Waals surface area contributed by atoms with Crippen LogP contribution < -0.4 is 21.9 Å². The molecule has 29 heteroatoms. The van der Waals surface area contributed by atoms with Crippen molar-refractivity contribution in [3.63, 3.8) is 0 Å². The summed E-state index contributed by atoms with van der Waals surface area (Å²) in [6.07, 6.45) is -50.8. The van der Waals surface area contributed by atoms with Gasteiger partial charge in [0.25, 0.3) is 0 Å². The highest BCUT2D eigenvalue weighted by Crippen LogP contribution is 2.41. The van der Waals surface area contributed by atoms with Crippen molar-refractivity contribution in [2.45, 2.75) is 49.4 Å². The lowest BCUT2D eigenvalue weighted by atomic mass is 9.12. The minimum atomic E-state index is -6.13. The maximum Gasteiger partial charge on any atom is 0.416 e. The molecule has 5 rings (SSSR count). The summed E-state index contributed by atoms with van der Waals surface area (Å²) in [5, 5.41) is 0. The van der Waals surface area contributed by atoms with E-state index >= 15 is 0 Å². The second-order valence-electron chi connectivity index (χ2n) is 15.8. The Labute approximate surface area is 397 Å². The molecule has 0 bridgehead atoms. The molecular weight excluding hydrogens is 1080 g/mol. The molecular formula is C44H27BF24O3S. The average Bonchev–Trinajstić information content (AvgIpc) is 3.23. The number of ether oxygens (including phenoxy) is 1. The Bertz CT molecular complexity index is 2390. The van der Waals surface area contributed by atoms with Crippen molar-refractivity contribution in [1.82, 2.24) is 0 Å². The number of methoxy groups -OCH3 is 1. The van der Waals surface area contributed by atoms with E-state index in [9.17, 15) is 115 Å². The maximum atomic E-state index is 14.2. The highest BCUT2D eigenvalue weighted by atomic mass is 32.2. The third kappa shape index (κ3) is 14.2. The zero-order valence-electron chi connectivity index (χ0n) is 36.2. The number of hydrogen-bond acceptors (Lipinski definition) is 3. The Morgan fingerprint density at radius 3 is 0.795 bits per heavy atom. The summed E-state index contributed by atoms with van der Waals surface area (Å²) in [6, 6.07) is -2.17. The van der Waals surface area contributed by atoms with Crippen molar-refractivity contribution in [2.24, 2.45) is 0 Å². The van der Waals surface area contributed by atoms with Gasteiger partial charge in [0.05, 0.1) is 69.7 Å². The van der Waals surface area contributed by atoms with Gasteiger partial charge < -0.3 is 4.74 Å². The maximum absolute atomic E-state index is 14.2. The number of esters is 1. The smallest absolute Gasteiger partial charge is 0.416 e. The Morgan fingerprint density at radius 2 is 0.603 bits per heavy atom. The minimum Gasteiger partial charge on any atom is -0.465 e. The van der Waals surface area contributed by atoms with E-state index in [1.54, 1.807) is 24.3 Å². The molecule has 0 saturated carbocycles. The number of hydrogen-bond donors (Lipinski definition) is 0. The van der Waals surface area contributed by atoms with Gasteiger partial charge in [0.2, 0.25) is 5.78 Å². The summed E-state index contributed by atoms with van der Waals surface area (Å²) >= 11 is 0. The molecule has 3 nitrogen and oxygen atoms in total. The van der Waals surface area contributed by atoms with Crippen LogP contribution in [0.5, 0.6) is 0 Å². The first-order valence-corrected chi connectivity index (χ1v) is 21.6. The number of alkyl halides is 24. The number of ketones is 1. The fourth-order valence-electron chi connectivity index (χ4n) is 7.35. The lowest BCUT2D eigenvalue weighted by Gasteiger charge is -2.46. The molecule has 0 saturated heterocycles. The van der Waals surface area contributed by atoms with Gasteiger partial charge >= 0.3 is 55.4 Å². The van der Waals surface area contributed by atoms with Gasteiger partial charge in [0.15, 0.2) is 5.75 Å². The van der Waals surface area contributed by atoms with Crippen LogP contribution in [0.25, 0.3) is 0 Å². The van der Waals surface area contributed by atoms with E-state index in [4.69, 9.17) is 0 Å². The fraction of sp³-hybridized carbons (Fsp3) is 0.273. The molecule has 0 fully saturated rings. The number of rotatable bonds is 8. The number of Topliss-reactive ketones (excluding diaryl/α,β-unsaturated/α-hetero) is 1. The molecule has 73 heavy (non-hydrogen) atoms. The monoisotopic (exact) mass is 1100 g/mol. The van der Waals surface area contributed by atoms with Gasteiger partial charge in [-0.25, -0.2) is 4.79 Å². The van der Waals surface area contributed by atoms with E-state index in [1.807, 2.05) is 12.5 Å². The predicted molar refractivity (Wildman–Crippen MR) is 216 cm³/mol. The number of carbonyl (C=O) groups excluding carboxylic acids is 2. The number of halogens is 24. The Hall–Kier alpha value is -6.03. The van der Waals surface area contributed by atoms with E-state index in [2.05, 4.69) is 4.74 Å². The Balaban J connectivity index is 0.000000613. The van der Waals surface area contributed by atoms with Gasteiger partial charge in [-0.05, 0) is 47.3 Å². The first kappa shape index (κ1) is 59.5. The molecule has 0 aliphatic rings. The zero-order chi connectivity index (χ0) is 56.0. The van der Waals surface area contributed by atoms with Crippen molar-refractivity contribution in [1.29, 1.82) is 0 Å². The summed E-state index contributed by atoms with van der Waals surface area (Å²) in [5.41, 5.74) is -29.2. The second kappa shape index (κ2) is 20.4. The molecule has 398 valence electrons. The van der Waals surface area contributed by atoms with Gasteiger partial charge in [-0.15, -0.1) is 0 Å². The van der Waals surface area contributed by atoms with Crippen LogP contribution in [0.3, 0.4) is 0 Å². The fourth-order valence-corrected chi connectivity index (χ4v) is 8.04. The standard InChI is InChI=1S/C32H12BF24.C12H15O3S/c34-25(35,36)13-1-14(26(37,38)39)6-21(5-13)33(22-7-15(27(40,41)42)2-16(8-22)28(43,44)45,23-9-17(29(46,47)48)3-18(10-23)30(49,50)51)24-11-19(31(52,53)54)4-20(12-24)32(55,56)57;1-15-12(14)10-6-4-5-9(7-10)11(13)8-16(2)3/h1-12H;4-7H,8H2,1-3H3/q-1;+1. The SMILES string of the molecule is COC(=O)c1cccc(C(=O)C[S+](C)C)c1.FC(F)(F)c1cc([B-](c2cc(C(F)(F)F)cc(C(F)(F)F)c2)(c2cc(C(F)(F)F)cc(C(F)(F)F)c2)c2cc(C(F)(F)F)cc(C(F)(F)F)c2)cc(C(F)(F)F)c1. The van der Waals surface area contributed by atoms with Crippen LogP contribution in [0.1, 0.15) is 65.2 Å². The third-order valence-corrected chi connectivity index (χ3v) is 11.3. The molecule has 5 aromatic carbocycles. The molecule has 0 amide bonds. The topological polar surface area (TPSA) is 43.4 Å². The molecule has 0 heterocycles. The van der Waals surface area contributed by atoms with Crippen LogP contribution >= 0.6 is 0 Å². The van der Waals surface area contributed by atoms with E-state index in [0.29, 0.717) is 16.9 Å². The molecule has 0 aliphatic heterocycles. The van der Waals surface area contributed by atoms with Gasteiger partial charge in [0, 0.05) is 5.56 Å². The third-order valence-electron chi connectivity index (χ3n) is 10.5. The quantitative estimate of drug-likeness (QED) is 0.0511. The molecule has 5 aromatic rings. The average molecular weight is 1100 g/mol.